The molecule has 3 N–H and O–H groups in total. The summed E-state index contributed by atoms with van der Waals surface area (Å²) in [6, 6.07) is 0. The van der Waals surface area contributed by atoms with Crippen LogP contribution in [0.5, 0.6) is 0 Å². The summed E-state index contributed by atoms with van der Waals surface area (Å²) >= 11 is 0. The Balaban J connectivity index is 0.00000841. The van der Waals surface area contributed by atoms with Gasteiger partial charge in [0.05, 0.1) is 0 Å². The maximum Gasteiger partial charge on any atom is 2.00 e. The summed E-state index contributed by atoms with van der Waals surface area (Å²) in [6.45, 7) is 1.83. The number of aliphatic hydroxyl groups is 3. The van der Waals surface area contributed by atoms with E-state index in [0.29, 0.717) is 0 Å². The number of hydrogen-bond acceptors (Lipinski definition) is 7. The molecule has 0 aromatic carbocycles. The number of unbranched alkanes of at least 4 members (excludes halogenated alkanes) is 12. The predicted molar refractivity (Wildman–Crippen MR) is 115 cm³/mol. The third kappa shape index (κ3) is 12.4. The molecule has 1 heterocycles. The minimum Gasteiger partial charge on any atom is -0.505 e. The van der Waals surface area contributed by atoms with Gasteiger partial charge in [-0.3, -0.25) is 4.79 Å². The molecule has 7 nitrogen and oxygen atoms in total. The molecule has 0 aromatic heterocycles. The molecule has 0 aromatic rings. The zero-order valence-corrected chi connectivity index (χ0v) is 20.7. The van der Waals surface area contributed by atoms with E-state index in [9.17, 15) is 24.9 Å². The van der Waals surface area contributed by atoms with Crippen LogP contribution < -0.4 is 0 Å². The van der Waals surface area contributed by atoms with Crippen LogP contribution in [0, 0.1) is 0 Å². The molecule has 0 saturated heterocycles. The van der Waals surface area contributed by atoms with Crippen molar-refractivity contribution in [1.82, 2.24) is 0 Å². The molecule has 0 fully saturated rings. The van der Waals surface area contributed by atoms with Crippen LogP contribution in [0.15, 0.2) is 11.5 Å². The SMILES string of the molecule is CCCCCCCCCCCCCCCC(=O)OCC(O)[C@@H]1OC(=O)C(O)=C1O.[Ca+2]. The Labute approximate surface area is 210 Å². The largest absolute Gasteiger partial charge is 2.00 e. The minimum atomic E-state index is -1.42. The second kappa shape index (κ2) is 18.1. The molecule has 0 radical (unpaired) electrons. The molecule has 0 bridgehead atoms. The fraction of sp³-hybridized carbons (Fsp3) is 0.818. The van der Waals surface area contributed by atoms with E-state index in [1.807, 2.05) is 0 Å². The summed E-state index contributed by atoms with van der Waals surface area (Å²) in [6.07, 6.45) is 13.4. The van der Waals surface area contributed by atoms with Gasteiger partial charge >= 0.3 is 49.7 Å². The number of ether oxygens (including phenoxy) is 2. The Kier molecular flexibility index (Phi) is 17.8. The molecule has 0 amide bonds. The zero-order chi connectivity index (χ0) is 21.5. The molecule has 2 atom stereocenters. The van der Waals surface area contributed by atoms with Crippen LogP contribution >= 0.6 is 0 Å². The first-order chi connectivity index (χ1) is 14.0. The maximum atomic E-state index is 11.7. The first-order valence-corrected chi connectivity index (χ1v) is 11.1. The van der Waals surface area contributed by atoms with Crippen molar-refractivity contribution in [2.75, 3.05) is 6.61 Å². The molecule has 0 saturated carbocycles. The molecule has 30 heavy (non-hydrogen) atoms. The number of aliphatic hydroxyl groups excluding tert-OH is 3. The Morgan fingerprint density at radius 1 is 0.933 bits per heavy atom. The molecule has 1 aliphatic heterocycles. The summed E-state index contributed by atoms with van der Waals surface area (Å²) in [7, 11) is 0. The van der Waals surface area contributed by atoms with Gasteiger partial charge in [-0.05, 0) is 6.42 Å². The average molecular weight is 455 g/mol. The number of rotatable bonds is 17. The van der Waals surface area contributed by atoms with Gasteiger partial charge in [0.2, 0.25) is 5.76 Å². The molecule has 0 spiro atoms. The van der Waals surface area contributed by atoms with Gasteiger partial charge in [-0.2, -0.15) is 0 Å². The monoisotopic (exact) mass is 454 g/mol. The maximum absolute atomic E-state index is 11.7. The molecule has 1 unspecified atom stereocenters. The van der Waals surface area contributed by atoms with Gasteiger partial charge in [0.1, 0.15) is 12.7 Å². The summed E-state index contributed by atoms with van der Waals surface area (Å²) in [4.78, 5) is 22.8. The molecular weight excluding hydrogens is 416 g/mol. The first kappa shape index (κ1) is 29.5. The van der Waals surface area contributed by atoms with E-state index in [-0.39, 0.29) is 44.2 Å². The van der Waals surface area contributed by atoms with Crippen LogP contribution in [-0.2, 0) is 19.1 Å². The van der Waals surface area contributed by atoms with E-state index in [4.69, 9.17) is 4.74 Å². The van der Waals surface area contributed by atoms with Gasteiger partial charge in [0.25, 0.3) is 0 Å². The van der Waals surface area contributed by atoms with Crippen LogP contribution in [0.1, 0.15) is 96.8 Å². The van der Waals surface area contributed by atoms with Gasteiger partial charge in [-0.15, -0.1) is 0 Å². The van der Waals surface area contributed by atoms with Crippen LogP contribution in [0.3, 0.4) is 0 Å². The second-order valence-electron chi connectivity index (χ2n) is 7.80. The number of carbonyl (C=O) groups is 2. The number of cyclic esters (lactones) is 1. The Morgan fingerprint density at radius 2 is 1.40 bits per heavy atom. The molecule has 1 aliphatic rings. The molecule has 1 rings (SSSR count). The van der Waals surface area contributed by atoms with Gasteiger partial charge in [-0.1, -0.05) is 84.0 Å². The molecular formula is C22H38CaO7+2. The van der Waals surface area contributed by atoms with E-state index < -0.39 is 42.3 Å². The van der Waals surface area contributed by atoms with Crippen molar-refractivity contribution in [3.8, 4) is 0 Å². The Bertz CT molecular complexity index is 522. The number of esters is 2. The van der Waals surface area contributed by atoms with Gasteiger partial charge < -0.3 is 24.8 Å². The quantitative estimate of drug-likeness (QED) is 0.171. The van der Waals surface area contributed by atoms with Gasteiger partial charge in [-0.25, -0.2) is 4.79 Å². The van der Waals surface area contributed by atoms with Gasteiger partial charge in [0, 0.05) is 6.42 Å². The Hall–Kier alpha value is -0.500. The van der Waals surface area contributed by atoms with E-state index >= 15 is 0 Å². The van der Waals surface area contributed by atoms with Crippen molar-refractivity contribution in [2.24, 2.45) is 0 Å². The zero-order valence-electron chi connectivity index (χ0n) is 18.4. The van der Waals surface area contributed by atoms with Crippen molar-refractivity contribution < 1.29 is 34.4 Å². The van der Waals surface area contributed by atoms with E-state index in [1.165, 1.54) is 64.2 Å². The van der Waals surface area contributed by atoms with E-state index in [1.54, 1.807) is 0 Å². The van der Waals surface area contributed by atoms with Crippen molar-refractivity contribution in [3.05, 3.63) is 11.5 Å². The van der Waals surface area contributed by atoms with Gasteiger partial charge in [0.15, 0.2) is 11.9 Å². The minimum absolute atomic E-state index is 0. The second-order valence-corrected chi connectivity index (χ2v) is 7.80. The van der Waals surface area contributed by atoms with Crippen molar-refractivity contribution in [2.45, 2.75) is 109 Å². The summed E-state index contributed by atoms with van der Waals surface area (Å²) in [5, 5.41) is 28.5. The van der Waals surface area contributed by atoms with Crippen LogP contribution in [0.4, 0.5) is 0 Å². The topological polar surface area (TPSA) is 113 Å². The fourth-order valence-corrected chi connectivity index (χ4v) is 3.35. The molecule has 8 heteroatoms. The summed E-state index contributed by atoms with van der Waals surface area (Å²) < 4.78 is 9.55. The first-order valence-electron chi connectivity index (χ1n) is 11.1. The smallest absolute Gasteiger partial charge is 0.505 e. The Morgan fingerprint density at radius 3 is 1.83 bits per heavy atom. The number of hydrogen-bond donors (Lipinski definition) is 3. The van der Waals surface area contributed by atoms with Crippen LogP contribution in [0.25, 0.3) is 0 Å². The van der Waals surface area contributed by atoms with E-state index in [0.717, 1.165) is 19.3 Å². The fourth-order valence-electron chi connectivity index (χ4n) is 3.35. The molecule has 0 aliphatic carbocycles. The summed E-state index contributed by atoms with van der Waals surface area (Å²) in [5.74, 6) is -3.21. The van der Waals surface area contributed by atoms with Crippen LogP contribution in [-0.4, -0.2) is 83.8 Å². The van der Waals surface area contributed by atoms with Crippen LogP contribution in [0.2, 0.25) is 0 Å². The molecule has 168 valence electrons. The normalized spacial score (nSPS) is 16.9. The van der Waals surface area contributed by atoms with Crippen molar-refractivity contribution >= 4 is 49.7 Å². The third-order valence-corrected chi connectivity index (χ3v) is 5.19. The van der Waals surface area contributed by atoms with E-state index in [2.05, 4.69) is 11.7 Å². The number of carbonyl (C=O) groups excluding carboxylic acids is 2. The average Bonchev–Trinajstić information content (AvgIpc) is 2.97. The van der Waals surface area contributed by atoms with Crippen molar-refractivity contribution in [1.29, 1.82) is 0 Å². The van der Waals surface area contributed by atoms with Crippen molar-refractivity contribution in [3.63, 3.8) is 0 Å². The predicted octanol–water partition coefficient (Wildman–Crippen LogP) is 4.24. The standard InChI is InChI=1S/C22H38O7.Ca/c1-2-3-4-5-6-7-8-9-10-11-12-13-14-15-18(24)28-16-17(23)21-19(25)20(26)22(27)29-21;/h17,21,23,25-26H,2-16H2,1H3;/q;+2/t17?,21-;/m0./s1. The third-order valence-electron chi connectivity index (χ3n) is 5.19. The summed E-state index contributed by atoms with van der Waals surface area (Å²) in [5.41, 5.74) is 0.